The Labute approximate surface area is 191 Å². The van der Waals surface area contributed by atoms with Crippen molar-refractivity contribution in [3.63, 3.8) is 0 Å². The van der Waals surface area contributed by atoms with Gasteiger partial charge in [-0.3, -0.25) is 4.79 Å². The molecule has 0 amide bonds. The van der Waals surface area contributed by atoms with Crippen LogP contribution in [0.1, 0.15) is 90.7 Å². The van der Waals surface area contributed by atoms with Crippen molar-refractivity contribution in [3.8, 4) is 11.5 Å². The zero-order valence-electron chi connectivity index (χ0n) is 20.2. The summed E-state index contributed by atoms with van der Waals surface area (Å²) in [6.45, 7) is 11.6. The smallest absolute Gasteiger partial charge is 0.309 e. The first-order valence-electron chi connectivity index (χ1n) is 12.3. The van der Waals surface area contributed by atoms with Gasteiger partial charge >= 0.3 is 5.97 Å². The summed E-state index contributed by atoms with van der Waals surface area (Å²) in [5.41, 5.74) is 3.17. The predicted molar refractivity (Wildman–Crippen MR) is 125 cm³/mol. The largest absolute Gasteiger partial charge is 0.504 e. The van der Waals surface area contributed by atoms with E-state index in [-0.39, 0.29) is 33.2 Å². The van der Waals surface area contributed by atoms with E-state index >= 15 is 0 Å². The number of aliphatic carboxylic acids is 1. The lowest BCUT2D eigenvalue weighted by molar-refractivity contribution is -0.177. The lowest BCUT2D eigenvalue weighted by atomic mass is 9.34. The maximum atomic E-state index is 12.2. The number of aromatic hydroxyl groups is 2. The van der Waals surface area contributed by atoms with Gasteiger partial charge in [0.15, 0.2) is 11.5 Å². The molecule has 174 valence electrons. The Hall–Kier alpha value is -1.97. The molecule has 4 nitrogen and oxygen atoms in total. The van der Waals surface area contributed by atoms with E-state index in [1.807, 2.05) is 6.92 Å². The second-order valence-corrected chi connectivity index (χ2v) is 12.7. The molecule has 0 radical (unpaired) electrons. The second-order valence-electron chi connectivity index (χ2n) is 12.7. The van der Waals surface area contributed by atoms with Crippen molar-refractivity contribution < 1.29 is 20.1 Å². The number of rotatable bonds is 1. The van der Waals surface area contributed by atoms with Crippen molar-refractivity contribution in [1.29, 1.82) is 0 Å². The van der Waals surface area contributed by atoms with Crippen LogP contribution >= 0.6 is 0 Å². The minimum absolute atomic E-state index is 0.00781. The Balaban J connectivity index is 1.62. The van der Waals surface area contributed by atoms with Crippen LogP contribution in [-0.2, 0) is 16.6 Å². The predicted octanol–water partition coefficient (Wildman–Crippen LogP) is 6.34. The summed E-state index contributed by atoms with van der Waals surface area (Å²) in [6.07, 6.45) is 10.0. The van der Waals surface area contributed by atoms with Gasteiger partial charge in [-0.1, -0.05) is 39.3 Å². The molecule has 4 heteroatoms. The molecule has 3 fully saturated rings. The van der Waals surface area contributed by atoms with Crippen molar-refractivity contribution in [3.05, 3.63) is 34.9 Å². The Morgan fingerprint density at radius 2 is 1.56 bits per heavy atom. The summed E-state index contributed by atoms with van der Waals surface area (Å²) in [6, 6.07) is 3.52. The molecule has 0 aliphatic heterocycles. The highest BCUT2D eigenvalue weighted by Gasteiger charge is 2.67. The fourth-order valence-electron chi connectivity index (χ4n) is 8.62. The van der Waals surface area contributed by atoms with Crippen LogP contribution in [0.3, 0.4) is 0 Å². The summed E-state index contributed by atoms with van der Waals surface area (Å²) in [7, 11) is 0. The van der Waals surface area contributed by atoms with Crippen molar-refractivity contribution in [2.45, 2.75) is 91.4 Å². The van der Waals surface area contributed by atoms with Gasteiger partial charge in [0.2, 0.25) is 0 Å². The number of benzene rings is 1. The zero-order chi connectivity index (χ0) is 23.3. The fraction of sp³-hybridized carbons (Fsp3) is 0.679. The first-order valence-corrected chi connectivity index (χ1v) is 12.3. The molecule has 0 unspecified atom stereocenters. The summed E-state index contributed by atoms with van der Waals surface area (Å²) < 4.78 is 0. The number of phenolic OH excluding ortho intramolecular Hbond substituents is 2. The number of phenols is 2. The molecule has 1 aromatic rings. The number of carboxylic acids is 1. The van der Waals surface area contributed by atoms with Gasteiger partial charge in [0.05, 0.1) is 5.41 Å². The van der Waals surface area contributed by atoms with E-state index < -0.39 is 11.4 Å². The molecule has 5 rings (SSSR count). The summed E-state index contributed by atoms with van der Waals surface area (Å²) in [5, 5.41) is 30.4. The molecule has 3 N–H and O–H groups in total. The fourth-order valence-corrected chi connectivity index (χ4v) is 8.62. The molecule has 0 bridgehead atoms. The van der Waals surface area contributed by atoms with Gasteiger partial charge < -0.3 is 15.3 Å². The maximum absolute atomic E-state index is 12.2. The highest BCUT2D eigenvalue weighted by molar-refractivity contribution is 5.74. The average Bonchev–Trinajstić information content (AvgIpc) is 2.73. The molecular formula is C28H38O4. The van der Waals surface area contributed by atoms with Crippen LogP contribution in [0.15, 0.2) is 23.8 Å². The maximum Gasteiger partial charge on any atom is 0.309 e. The molecule has 0 heterocycles. The SMILES string of the molecule is C[C@@]1(C(=O)O)CC[C@]2(C)CC[C@]3(C)C4=CCc5cc(O)c(O)cc5[C@]4(C)CC[C@@]3(C)[C@@H]2C1. The monoisotopic (exact) mass is 438 g/mol. The van der Waals surface area contributed by atoms with Crippen LogP contribution in [0, 0.1) is 27.6 Å². The highest BCUT2D eigenvalue weighted by atomic mass is 16.4. The standard InChI is InChI=1S/C28H38O4/c1-24-8-9-25(2,23(31)32)16-22(24)28(5)13-11-26(3)18-15-20(30)19(29)14-17(18)6-7-21(26)27(28,4)12-10-24/h7,14-15,22,29-30H,6,8-13,16H2,1-5H3,(H,31,32)/t22-,24-,25-,26+,27-,28+/m1/s1. The molecular weight excluding hydrogens is 400 g/mol. The Morgan fingerprint density at radius 3 is 2.25 bits per heavy atom. The van der Waals surface area contributed by atoms with Crippen LogP contribution in [0.25, 0.3) is 0 Å². The highest BCUT2D eigenvalue weighted by Crippen LogP contribution is 2.74. The van der Waals surface area contributed by atoms with E-state index in [2.05, 4.69) is 33.8 Å². The average molecular weight is 439 g/mol. The van der Waals surface area contributed by atoms with Gasteiger partial charge in [-0.2, -0.15) is 0 Å². The second kappa shape index (κ2) is 6.33. The Bertz CT molecular complexity index is 1040. The molecule has 32 heavy (non-hydrogen) atoms. The van der Waals surface area contributed by atoms with Crippen LogP contribution in [0.2, 0.25) is 0 Å². The van der Waals surface area contributed by atoms with Gasteiger partial charge in [0, 0.05) is 5.41 Å². The first-order chi connectivity index (χ1) is 14.8. The Morgan fingerprint density at radius 1 is 0.906 bits per heavy atom. The van der Waals surface area contributed by atoms with Crippen LogP contribution in [-0.4, -0.2) is 21.3 Å². The summed E-state index contributed by atoms with van der Waals surface area (Å²) in [5.74, 6) is -0.342. The lowest BCUT2D eigenvalue weighted by Gasteiger charge is -2.69. The van der Waals surface area contributed by atoms with E-state index in [9.17, 15) is 20.1 Å². The molecule has 1 aromatic carbocycles. The van der Waals surface area contributed by atoms with E-state index in [1.165, 1.54) is 5.57 Å². The molecule has 4 aliphatic carbocycles. The minimum Gasteiger partial charge on any atom is -0.504 e. The van der Waals surface area contributed by atoms with Crippen LogP contribution < -0.4 is 0 Å². The molecule has 4 aliphatic rings. The zero-order valence-corrected chi connectivity index (χ0v) is 20.2. The van der Waals surface area contributed by atoms with Gasteiger partial charge in [-0.05, 0) is 104 Å². The third-order valence-electron chi connectivity index (χ3n) is 11.1. The van der Waals surface area contributed by atoms with Gasteiger partial charge in [-0.15, -0.1) is 0 Å². The molecule has 6 atom stereocenters. The van der Waals surface area contributed by atoms with E-state index in [0.29, 0.717) is 5.92 Å². The van der Waals surface area contributed by atoms with Gasteiger partial charge in [0.25, 0.3) is 0 Å². The van der Waals surface area contributed by atoms with Crippen LogP contribution in [0.5, 0.6) is 11.5 Å². The summed E-state index contributed by atoms with van der Waals surface area (Å²) >= 11 is 0. The number of hydrogen-bond donors (Lipinski definition) is 3. The lowest BCUT2D eigenvalue weighted by Crippen LogP contribution is -2.62. The molecule has 0 saturated heterocycles. The minimum atomic E-state index is -0.642. The third kappa shape index (κ3) is 2.53. The first kappa shape index (κ1) is 21.9. The van der Waals surface area contributed by atoms with Crippen LogP contribution in [0.4, 0.5) is 0 Å². The molecule has 3 saturated carbocycles. The Kier molecular flexibility index (Phi) is 4.32. The number of hydrogen-bond acceptors (Lipinski definition) is 3. The number of carboxylic acid groups (broad SMARTS) is 1. The van der Waals surface area contributed by atoms with E-state index in [4.69, 9.17) is 0 Å². The number of fused-ring (bicyclic) bond motifs is 7. The van der Waals surface area contributed by atoms with Crippen molar-refractivity contribution in [2.24, 2.45) is 27.6 Å². The normalized spacial score (nSPS) is 45.0. The van der Waals surface area contributed by atoms with E-state index in [1.54, 1.807) is 12.1 Å². The van der Waals surface area contributed by atoms with E-state index in [0.717, 1.165) is 62.5 Å². The third-order valence-corrected chi connectivity index (χ3v) is 11.1. The summed E-state index contributed by atoms with van der Waals surface area (Å²) in [4.78, 5) is 12.2. The number of carbonyl (C=O) groups is 1. The van der Waals surface area contributed by atoms with Gasteiger partial charge in [-0.25, -0.2) is 0 Å². The number of allylic oxidation sites excluding steroid dienone is 2. The topological polar surface area (TPSA) is 77.8 Å². The molecule has 0 spiro atoms. The van der Waals surface area contributed by atoms with Crippen molar-refractivity contribution >= 4 is 5.97 Å². The molecule has 0 aromatic heterocycles. The quantitative estimate of drug-likeness (QED) is 0.353. The van der Waals surface area contributed by atoms with Crippen molar-refractivity contribution in [1.82, 2.24) is 0 Å². The van der Waals surface area contributed by atoms with Crippen molar-refractivity contribution in [2.75, 3.05) is 0 Å². The van der Waals surface area contributed by atoms with Gasteiger partial charge in [0.1, 0.15) is 0 Å².